The van der Waals surface area contributed by atoms with Crippen LogP contribution in [0.25, 0.3) is 0 Å². The molecule has 0 radical (unpaired) electrons. The van der Waals surface area contributed by atoms with E-state index in [1.807, 2.05) is 0 Å². The quantitative estimate of drug-likeness (QED) is 0.687. The van der Waals surface area contributed by atoms with Gasteiger partial charge in [-0.2, -0.15) is 0 Å². The van der Waals surface area contributed by atoms with Gasteiger partial charge in [-0.15, -0.1) is 0 Å². The fraction of sp³-hybridized carbons (Fsp3) is 1.00. The summed E-state index contributed by atoms with van der Waals surface area (Å²) in [7, 11) is 2.14. The lowest BCUT2D eigenvalue weighted by molar-refractivity contribution is 0.218. The monoisotopic (exact) mass is 208 g/mol. The number of nitrogens with zero attached hydrogens (tertiary/aromatic N) is 1. The summed E-state index contributed by atoms with van der Waals surface area (Å²) < 4.78 is 0. The maximum absolute atomic E-state index is 3.53. The Balaban J connectivity index is 1.51. The number of hydrogen-bond donors (Lipinski definition) is 1. The molecule has 0 heterocycles. The third-order valence-corrected chi connectivity index (χ3v) is 4.25. The minimum atomic E-state index is 0.782. The van der Waals surface area contributed by atoms with Crippen molar-refractivity contribution in [2.75, 3.05) is 20.1 Å². The van der Waals surface area contributed by atoms with Gasteiger partial charge in [0.2, 0.25) is 0 Å². The molecule has 3 rings (SSSR count). The van der Waals surface area contributed by atoms with Gasteiger partial charge in [0.25, 0.3) is 0 Å². The molecule has 2 nitrogen and oxygen atoms in total. The van der Waals surface area contributed by atoms with Gasteiger partial charge in [-0.25, -0.2) is 0 Å². The fourth-order valence-corrected chi connectivity index (χ4v) is 2.67. The van der Waals surface area contributed by atoms with E-state index in [-0.39, 0.29) is 0 Å². The van der Waals surface area contributed by atoms with Gasteiger partial charge >= 0.3 is 0 Å². The minimum Gasteiger partial charge on any atom is -0.315 e. The van der Waals surface area contributed by atoms with E-state index in [0.29, 0.717) is 0 Å². The zero-order valence-corrected chi connectivity index (χ0v) is 9.91. The third kappa shape index (κ3) is 2.73. The van der Waals surface area contributed by atoms with Crippen molar-refractivity contribution in [1.82, 2.24) is 10.2 Å². The average Bonchev–Trinajstić information content (AvgIpc) is 3.11. The first-order valence-corrected chi connectivity index (χ1v) is 6.78. The van der Waals surface area contributed by atoms with E-state index < -0.39 is 0 Å². The van der Waals surface area contributed by atoms with Crippen LogP contribution in [0, 0.1) is 11.8 Å². The second-order valence-electron chi connectivity index (χ2n) is 5.86. The Morgan fingerprint density at radius 1 is 1.13 bits per heavy atom. The molecule has 86 valence electrons. The van der Waals surface area contributed by atoms with Gasteiger partial charge < -0.3 is 5.32 Å². The Morgan fingerprint density at radius 2 is 1.87 bits per heavy atom. The molecule has 1 unspecified atom stereocenters. The van der Waals surface area contributed by atoms with Gasteiger partial charge in [-0.1, -0.05) is 0 Å². The van der Waals surface area contributed by atoms with E-state index in [4.69, 9.17) is 0 Å². The summed E-state index contributed by atoms with van der Waals surface area (Å²) in [5, 5.41) is 3.53. The van der Waals surface area contributed by atoms with E-state index in [2.05, 4.69) is 17.3 Å². The number of hydrogen-bond acceptors (Lipinski definition) is 2. The molecule has 0 bridgehead atoms. The first-order valence-electron chi connectivity index (χ1n) is 6.78. The molecule has 1 atom stereocenters. The highest BCUT2D eigenvalue weighted by molar-refractivity contribution is 4.94. The van der Waals surface area contributed by atoms with Gasteiger partial charge in [0, 0.05) is 25.2 Å². The van der Waals surface area contributed by atoms with Crippen LogP contribution in [0.15, 0.2) is 0 Å². The summed E-state index contributed by atoms with van der Waals surface area (Å²) >= 11 is 0. The molecule has 0 aromatic carbocycles. The van der Waals surface area contributed by atoms with Crippen molar-refractivity contribution in [2.45, 2.75) is 50.6 Å². The maximum Gasteiger partial charge on any atom is 0.0220 e. The second kappa shape index (κ2) is 4.06. The van der Waals surface area contributed by atoms with Crippen molar-refractivity contribution < 1.29 is 0 Å². The van der Waals surface area contributed by atoms with Crippen molar-refractivity contribution in [3.05, 3.63) is 0 Å². The van der Waals surface area contributed by atoms with Crippen LogP contribution < -0.4 is 5.32 Å². The van der Waals surface area contributed by atoms with Crippen LogP contribution in [0.1, 0.15) is 38.5 Å². The van der Waals surface area contributed by atoms with Crippen LogP contribution >= 0.6 is 0 Å². The molecular formula is C13H24N2. The van der Waals surface area contributed by atoms with Crippen molar-refractivity contribution in [1.29, 1.82) is 0 Å². The van der Waals surface area contributed by atoms with Gasteiger partial charge in [-0.05, 0) is 57.4 Å². The Bertz CT molecular complexity index is 217. The molecule has 1 N–H and O–H groups in total. The van der Waals surface area contributed by atoms with Crippen LogP contribution in [0.2, 0.25) is 0 Å². The molecular weight excluding hydrogens is 184 g/mol. The van der Waals surface area contributed by atoms with Crippen LogP contribution in [-0.2, 0) is 0 Å². The first kappa shape index (κ1) is 10.1. The highest BCUT2D eigenvalue weighted by atomic mass is 15.2. The Kier molecular flexibility index (Phi) is 2.73. The standard InChI is InChI=1S/C13H24N2/c1-14-13(11-4-5-11)9-15(12-6-7-12)8-10-2-3-10/h10-14H,2-9H2,1H3. The van der Waals surface area contributed by atoms with Crippen LogP contribution in [0.3, 0.4) is 0 Å². The molecule has 15 heavy (non-hydrogen) atoms. The molecule has 0 aromatic rings. The molecule has 3 aliphatic rings. The second-order valence-corrected chi connectivity index (χ2v) is 5.86. The largest absolute Gasteiger partial charge is 0.315 e. The molecule has 2 heteroatoms. The van der Waals surface area contributed by atoms with Crippen LogP contribution in [-0.4, -0.2) is 37.1 Å². The Hall–Kier alpha value is -0.0800. The van der Waals surface area contributed by atoms with Crippen molar-refractivity contribution in [2.24, 2.45) is 11.8 Å². The topological polar surface area (TPSA) is 15.3 Å². The minimum absolute atomic E-state index is 0.782. The molecule has 0 spiro atoms. The van der Waals surface area contributed by atoms with E-state index in [9.17, 15) is 0 Å². The molecule has 0 saturated heterocycles. The molecule has 0 aliphatic heterocycles. The smallest absolute Gasteiger partial charge is 0.0220 e. The van der Waals surface area contributed by atoms with Crippen LogP contribution in [0.5, 0.6) is 0 Å². The van der Waals surface area contributed by atoms with Crippen molar-refractivity contribution in [3.63, 3.8) is 0 Å². The third-order valence-electron chi connectivity index (χ3n) is 4.25. The normalized spacial score (nSPS) is 28.4. The van der Waals surface area contributed by atoms with E-state index in [1.165, 1.54) is 51.6 Å². The predicted octanol–water partition coefficient (Wildman–Crippen LogP) is 1.86. The molecule has 0 amide bonds. The molecule has 3 aliphatic carbocycles. The summed E-state index contributed by atoms with van der Waals surface area (Å²) in [6, 6.07) is 1.74. The maximum atomic E-state index is 3.53. The lowest BCUT2D eigenvalue weighted by Crippen LogP contribution is -2.42. The van der Waals surface area contributed by atoms with E-state index in [1.54, 1.807) is 0 Å². The van der Waals surface area contributed by atoms with Crippen molar-refractivity contribution in [3.8, 4) is 0 Å². The zero-order chi connectivity index (χ0) is 10.3. The lowest BCUT2D eigenvalue weighted by atomic mass is 10.1. The fourth-order valence-electron chi connectivity index (χ4n) is 2.67. The Morgan fingerprint density at radius 3 is 2.33 bits per heavy atom. The van der Waals surface area contributed by atoms with Gasteiger partial charge in [-0.3, -0.25) is 4.90 Å². The summed E-state index contributed by atoms with van der Waals surface area (Å²) in [6.07, 6.45) is 8.86. The van der Waals surface area contributed by atoms with Crippen LogP contribution in [0.4, 0.5) is 0 Å². The number of likely N-dealkylation sites (N-methyl/N-ethyl adjacent to an activating group) is 1. The van der Waals surface area contributed by atoms with Gasteiger partial charge in [0.1, 0.15) is 0 Å². The predicted molar refractivity (Wildman–Crippen MR) is 62.9 cm³/mol. The summed E-state index contributed by atoms with van der Waals surface area (Å²) in [6.45, 7) is 2.72. The summed E-state index contributed by atoms with van der Waals surface area (Å²) in [5.74, 6) is 2.05. The highest BCUT2D eigenvalue weighted by Crippen LogP contribution is 2.37. The Labute approximate surface area is 93.4 Å². The lowest BCUT2D eigenvalue weighted by Gasteiger charge is -2.27. The highest BCUT2D eigenvalue weighted by Gasteiger charge is 2.37. The number of rotatable bonds is 7. The van der Waals surface area contributed by atoms with E-state index in [0.717, 1.165) is 23.9 Å². The average molecular weight is 208 g/mol. The molecule has 3 saturated carbocycles. The van der Waals surface area contributed by atoms with Crippen molar-refractivity contribution >= 4 is 0 Å². The molecule has 0 aromatic heterocycles. The van der Waals surface area contributed by atoms with Gasteiger partial charge in [0.15, 0.2) is 0 Å². The zero-order valence-electron chi connectivity index (χ0n) is 9.91. The SMILES string of the molecule is CNC(CN(CC1CC1)C1CC1)C1CC1. The molecule has 3 fully saturated rings. The first-order chi connectivity index (χ1) is 7.36. The summed E-state index contributed by atoms with van der Waals surface area (Å²) in [4.78, 5) is 2.79. The summed E-state index contributed by atoms with van der Waals surface area (Å²) in [5.41, 5.74) is 0. The number of nitrogens with one attached hydrogen (secondary N) is 1. The van der Waals surface area contributed by atoms with E-state index >= 15 is 0 Å². The van der Waals surface area contributed by atoms with Gasteiger partial charge in [0.05, 0.1) is 0 Å².